The van der Waals surface area contributed by atoms with Crippen LogP contribution in [0.1, 0.15) is 12.5 Å². The van der Waals surface area contributed by atoms with Gasteiger partial charge in [-0.15, -0.1) is 0 Å². The number of rotatable bonds is 1. The minimum absolute atomic E-state index is 0.333. The molecular formula is C11H8BrNO2. The summed E-state index contributed by atoms with van der Waals surface area (Å²) in [5.41, 5.74) is 1.24. The number of aliphatic imine (C=N–C) groups is 1. The Kier molecular flexibility index (Phi) is 2.68. The quantitative estimate of drug-likeness (QED) is 0.579. The second-order valence-corrected chi connectivity index (χ2v) is 3.93. The van der Waals surface area contributed by atoms with E-state index in [1.807, 2.05) is 24.3 Å². The van der Waals surface area contributed by atoms with Gasteiger partial charge in [-0.3, -0.25) is 0 Å². The maximum atomic E-state index is 11.3. The molecule has 0 aliphatic carbocycles. The maximum Gasteiger partial charge on any atom is 0.363 e. The van der Waals surface area contributed by atoms with Gasteiger partial charge >= 0.3 is 5.97 Å². The van der Waals surface area contributed by atoms with E-state index in [-0.39, 0.29) is 0 Å². The number of carbonyl (C=O) groups is 1. The van der Waals surface area contributed by atoms with Crippen LogP contribution in [0.3, 0.4) is 0 Å². The van der Waals surface area contributed by atoms with E-state index in [0.29, 0.717) is 11.6 Å². The molecule has 0 amide bonds. The lowest BCUT2D eigenvalue weighted by Crippen LogP contribution is -1.99. The monoisotopic (exact) mass is 265 g/mol. The first-order valence-electron chi connectivity index (χ1n) is 4.40. The SMILES string of the molecule is CC1=N/C(=C\c2ccccc2Br)C(=O)O1. The van der Waals surface area contributed by atoms with E-state index in [1.54, 1.807) is 13.0 Å². The molecule has 1 aromatic carbocycles. The van der Waals surface area contributed by atoms with Crippen LogP contribution in [0.15, 0.2) is 39.4 Å². The number of cyclic esters (lactones) is 1. The molecule has 0 atom stereocenters. The van der Waals surface area contributed by atoms with Crippen molar-refractivity contribution in [1.29, 1.82) is 0 Å². The second kappa shape index (κ2) is 3.98. The number of carbonyl (C=O) groups excluding carboxylic acids is 1. The molecule has 0 saturated carbocycles. The average molecular weight is 266 g/mol. The van der Waals surface area contributed by atoms with E-state index in [2.05, 4.69) is 20.9 Å². The van der Waals surface area contributed by atoms with E-state index < -0.39 is 5.97 Å². The van der Waals surface area contributed by atoms with Crippen molar-refractivity contribution in [3.05, 3.63) is 40.0 Å². The number of halogens is 1. The summed E-state index contributed by atoms with van der Waals surface area (Å²) in [6, 6.07) is 7.61. The van der Waals surface area contributed by atoms with Crippen LogP contribution >= 0.6 is 15.9 Å². The molecule has 0 N–H and O–H groups in total. The zero-order chi connectivity index (χ0) is 10.8. The fraction of sp³-hybridized carbons (Fsp3) is 0.0909. The van der Waals surface area contributed by atoms with Crippen molar-refractivity contribution in [1.82, 2.24) is 0 Å². The Labute approximate surface area is 95.6 Å². The van der Waals surface area contributed by atoms with Crippen molar-refractivity contribution in [3.8, 4) is 0 Å². The van der Waals surface area contributed by atoms with Crippen LogP contribution in [0.4, 0.5) is 0 Å². The Morgan fingerprint density at radius 2 is 2.13 bits per heavy atom. The normalized spacial score (nSPS) is 17.9. The summed E-state index contributed by atoms with van der Waals surface area (Å²) in [4.78, 5) is 15.3. The molecular weight excluding hydrogens is 258 g/mol. The lowest BCUT2D eigenvalue weighted by Gasteiger charge is -1.96. The highest BCUT2D eigenvalue weighted by Crippen LogP contribution is 2.21. The number of hydrogen-bond acceptors (Lipinski definition) is 3. The zero-order valence-electron chi connectivity index (χ0n) is 8.03. The Morgan fingerprint density at radius 1 is 1.40 bits per heavy atom. The van der Waals surface area contributed by atoms with Crippen LogP contribution in [0, 0.1) is 0 Å². The van der Waals surface area contributed by atoms with Gasteiger partial charge in [0.1, 0.15) is 0 Å². The third-order valence-electron chi connectivity index (χ3n) is 1.92. The topological polar surface area (TPSA) is 38.7 Å². The molecule has 0 spiro atoms. The lowest BCUT2D eigenvalue weighted by atomic mass is 10.2. The molecule has 76 valence electrons. The van der Waals surface area contributed by atoms with Crippen LogP contribution in [-0.4, -0.2) is 11.9 Å². The molecule has 0 bridgehead atoms. The van der Waals surface area contributed by atoms with Gasteiger partial charge in [0.05, 0.1) is 0 Å². The Balaban J connectivity index is 2.39. The summed E-state index contributed by atoms with van der Waals surface area (Å²) in [5.74, 6) is -0.0124. The highest BCUT2D eigenvalue weighted by atomic mass is 79.9. The number of nitrogens with zero attached hydrogens (tertiary/aromatic N) is 1. The van der Waals surface area contributed by atoms with E-state index in [0.717, 1.165) is 10.0 Å². The summed E-state index contributed by atoms with van der Waals surface area (Å²) < 4.78 is 5.73. The first-order chi connectivity index (χ1) is 7.16. The number of hydrogen-bond donors (Lipinski definition) is 0. The molecule has 1 heterocycles. The molecule has 1 aromatic rings. The van der Waals surface area contributed by atoms with E-state index in [4.69, 9.17) is 4.74 Å². The van der Waals surface area contributed by atoms with Gasteiger partial charge in [-0.1, -0.05) is 34.1 Å². The first kappa shape index (κ1) is 10.1. The maximum absolute atomic E-state index is 11.3. The van der Waals surface area contributed by atoms with Crippen molar-refractivity contribution >= 4 is 33.9 Å². The van der Waals surface area contributed by atoms with Gasteiger partial charge in [-0.05, 0) is 17.7 Å². The third kappa shape index (κ3) is 2.15. The molecule has 15 heavy (non-hydrogen) atoms. The van der Waals surface area contributed by atoms with Crippen molar-refractivity contribution in [2.75, 3.05) is 0 Å². The van der Waals surface area contributed by atoms with Gasteiger partial charge in [-0.25, -0.2) is 9.79 Å². The molecule has 0 unspecified atom stereocenters. The standard InChI is InChI=1S/C11H8BrNO2/c1-7-13-10(11(14)15-7)6-8-4-2-3-5-9(8)12/h2-6H,1H3/b10-6-. The predicted octanol–water partition coefficient (Wildman–Crippen LogP) is 2.77. The summed E-state index contributed by atoms with van der Waals surface area (Å²) in [6.45, 7) is 1.65. The van der Waals surface area contributed by atoms with Gasteiger partial charge in [-0.2, -0.15) is 0 Å². The summed E-state index contributed by atoms with van der Waals surface area (Å²) in [6.07, 6.45) is 1.70. The Bertz CT molecular complexity index is 477. The molecule has 1 aliphatic heterocycles. The summed E-state index contributed by atoms with van der Waals surface area (Å²) in [7, 11) is 0. The van der Waals surface area contributed by atoms with E-state index in [1.165, 1.54) is 0 Å². The smallest absolute Gasteiger partial charge is 0.363 e. The van der Waals surface area contributed by atoms with Crippen molar-refractivity contribution < 1.29 is 9.53 Å². The van der Waals surface area contributed by atoms with Crippen molar-refractivity contribution in [3.63, 3.8) is 0 Å². The van der Waals surface area contributed by atoms with E-state index >= 15 is 0 Å². The number of ether oxygens (including phenoxy) is 1. The fourth-order valence-corrected chi connectivity index (χ4v) is 1.65. The van der Waals surface area contributed by atoms with Gasteiger partial charge in [0.15, 0.2) is 11.6 Å². The third-order valence-corrected chi connectivity index (χ3v) is 2.65. The predicted molar refractivity (Wildman–Crippen MR) is 61.3 cm³/mol. The fourth-order valence-electron chi connectivity index (χ4n) is 1.26. The molecule has 0 saturated heterocycles. The van der Waals surface area contributed by atoms with E-state index in [9.17, 15) is 4.79 Å². The Hall–Kier alpha value is -1.42. The van der Waals surface area contributed by atoms with Crippen LogP contribution in [0.2, 0.25) is 0 Å². The molecule has 2 rings (SSSR count). The van der Waals surface area contributed by atoms with Crippen molar-refractivity contribution in [2.45, 2.75) is 6.92 Å². The largest absolute Gasteiger partial charge is 0.407 e. The van der Waals surface area contributed by atoms with Gasteiger partial charge in [0.25, 0.3) is 0 Å². The highest BCUT2D eigenvalue weighted by molar-refractivity contribution is 9.10. The lowest BCUT2D eigenvalue weighted by molar-refractivity contribution is -0.130. The van der Waals surface area contributed by atoms with Crippen molar-refractivity contribution in [2.24, 2.45) is 4.99 Å². The van der Waals surface area contributed by atoms with Crippen LogP contribution in [-0.2, 0) is 9.53 Å². The molecule has 0 fully saturated rings. The second-order valence-electron chi connectivity index (χ2n) is 3.07. The molecule has 4 heteroatoms. The molecule has 3 nitrogen and oxygen atoms in total. The Morgan fingerprint density at radius 3 is 2.73 bits per heavy atom. The molecule has 0 radical (unpaired) electrons. The molecule has 0 aromatic heterocycles. The zero-order valence-corrected chi connectivity index (χ0v) is 9.61. The summed E-state index contributed by atoms with van der Waals surface area (Å²) >= 11 is 3.39. The minimum Gasteiger partial charge on any atom is -0.407 e. The molecule has 1 aliphatic rings. The minimum atomic E-state index is -0.400. The highest BCUT2D eigenvalue weighted by Gasteiger charge is 2.19. The average Bonchev–Trinajstić information content (AvgIpc) is 2.49. The number of esters is 1. The van der Waals surface area contributed by atoms with Gasteiger partial charge in [0, 0.05) is 11.4 Å². The van der Waals surface area contributed by atoms with Gasteiger partial charge < -0.3 is 4.74 Å². The van der Waals surface area contributed by atoms with Crippen LogP contribution in [0.25, 0.3) is 6.08 Å². The van der Waals surface area contributed by atoms with Crippen LogP contribution < -0.4 is 0 Å². The first-order valence-corrected chi connectivity index (χ1v) is 5.20. The summed E-state index contributed by atoms with van der Waals surface area (Å²) in [5, 5.41) is 0. The van der Waals surface area contributed by atoms with Crippen LogP contribution in [0.5, 0.6) is 0 Å². The van der Waals surface area contributed by atoms with Gasteiger partial charge in [0.2, 0.25) is 0 Å². The number of benzene rings is 1.